The minimum Gasteiger partial charge on any atom is -0.353 e. The Balaban J connectivity index is 2.64. The second-order valence-electron chi connectivity index (χ2n) is 4.10. The normalized spacial score (nSPS) is 15.9. The first kappa shape index (κ1) is 13.9. The average Bonchev–Trinajstić information content (AvgIpc) is 2.29. The standard InChI is InChI=1S/C12H18N2O2S/c1-12(13,10-6-4-3-5-7-10)11(15)14-8-9-17(2)16/h3-7H,8-9,13H2,1-2H3,(H,14,15). The van der Waals surface area contributed by atoms with Crippen LogP contribution in [0.4, 0.5) is 0 Å². The van der Waals surface area contributed by atoms with Crippen LogP contribution >= 0.6 is 0 Å². The van der Waals surface area contributed by atoms with Gasteiger partial charge in [0.05, 0.1) is 0 Å². The first-order valence-electron chi connectivity index (χ1n) is 5.37. The van der Waals surface area contributed by atoms with E-state index in [-0.39, 0.29) is 5.91 Å². The molecule has 94 valence electrons. The molecule has 0 bridgehead atoms. The zero-order chi connectivity index (χ0) is 12.9. The van der Waals surface area contributed by atoms with Crippen LogP contribution in [0.3, 0.4) is 0 Å². The van der Waals surface area contributed by atoms with Crippen molar-refractivity contribution in [1.82, 2.24) is 5.32 Å². The maximum atomic E-state index is 11.9. The molecule has 0 aromatic heterocycles. The van der Waals surface area contributed by atoms with E-state index in [2.05, 4.69) is 5.32 Å². The highest BCUT2D eigenvalue weighted by Gasteiger charge is 2.29. The third kappa shape index (κ3) is 3.94. The second-order valence-corrected chi connectivity index (χ2v) is 5.66. The van der Waals surface area contributed by atoms with Crippen LogP contribution in [0.1, 0.15) is 12.5 Å². The number of nitrogens with one attached hydrogen (secondary N) is 1. The average molecular weight is 254 g/mol. The number of carbonyl (C=O) groups is 1. The Morgan fingerprint density at radius 1 is 1.41 bits per heavy atom. The molecule has 0 aliphatic carbocycles. The molecule has 1 aromatic rings. The number of benzene rings is 1. The van der Waals surface area contributed by atoms with Gasteiger partial charge < -0.3 is 11.1 Å². The summed E-state index contributed by atoms with van der Waals surface area (Å²) in [6.45, 7) is 2.04. The van der Waals surface area contributed by atoms with Crippen molar-refractivity contribution >= 4 is 16.7 Å². The van der Waals surface area contributed by atoms with E-state index >= 15 is 0 Å². The topological polar surface area (TPSA) is 72.2 Å². The summed E-state index contributed by atoms with van der Waals surface area (Å²) in [4.78, 5) is 11.9. The van der Waals surface area contributed by atoms with Crippen LogP contribution in [0.5, 0.6) is 0 Å². The van der Waals surface area contributed by atoms with Crippen LogP contribution in [0.15, 0.2) is 30.3 Å². The molecule has 0 radical (unpaired) electrons. The molecule has 0 aliphatic rings. The van der Waals surface area contributed by atoms with Crippen molar-refractivity contribution in [3.8, 4) is 0 Å². The summed E-state index contributed by atoms with van der Waals surface area (Å²) in [5.41, 5.74) is 5.71. The Morgan fingerprint density at radius 2 is 2.00 bits per heavy atom. The number of amides is 1. The third-order valence-corrected chi connectivity index (χ3v) is 3.30. The quantitative estimate of drug-likeness (QED) is 0.796. The molecule has 0 fully saturated rings. The fourth-order valence-corrected chi connectivity index (χ4v) is 1.80. The van der Waals surface area contributed by atoms with Crippen LogP contribution in [-0.4, -0.2) is 28.7 Å². The van der Waals surface area contributed by atoms with Gasteiger partial charge in [-0.05, 0) is 12.5 Å². The van der Waals surface area contributed by atoms with Gasteiger partial charge >= 0.3 is 0 Å². The van der Waals surface area contributed by atoms with Gasteiger partial charge in [0.15, 0.2) is 0 Å². The van der Waals surface area contributed by atoms with Crippen LogP contribution in [0, 0.1) is 0 Å². The van der Waals surface area contributed by atoms with Gasteiger partial charge in [0.2, 0.25) is 5.91 Å². The maximum absolute atomic E-state index is 11.9. The highest BCUT2D eigenvalue weighted by molar-refractivity contribution is 7.84. The monoisotopic (exact) mass is 254 g/mol. The van der Waals surface area contributed by atoms with Gasteiger partial charge in [-0.2, -0.15) is 0 Å². The van der Waals surface area contributed by atoms with E-state index in [0.717, 1.165) is 5.56 Å². The van der Waals surface area contributed by atoms with Gasteiger partial charge in [-0.3, -0.25) is 9.00 Å². The molecule has 17 heavy (non-hydrogen) atoms. The Hall–Kier alpha value is -1.20. The highest BCUT2D eigenvalue weighted by atomic mass is 32.2. The van der Waals surface area contributed by atoms with Crippen molar-refractivity contribution in [2.45, 2.75) is 12.5 Å². The summed E-state index contributed by atoms with van der Waals surface area (Å²) in [5, 5.41) is 2.70. The second kappa shape index (κ2) is 5.93. The lowest BCUT2D eigenvalue weighted by molar-refractivity contribution is -0.125. The highest BCUT2D eigenvalue weighted by Crippen LogP contribution is 2.16. The molecular weight excluding hydrogens is 236 g/mol. The molecule has 0 spiro atoms. The van der Waals surface area contributed by atoms with Gasteiger partial charge in [0, 0.05) is 29.4 Å². The lowest BCUT2D eigenvalue weighted by Crippen LogP contribution is -2.49. The van der Waals surface area contributed by atoms with Crippen LogP contribution in [0.2, 0.25) is 0 Å². The predicted octanol–water partition coefficient (Wildman–Crippen LogP) is 0.355. The van der Waals surface area contributed by atoms with E-state index in [1.54, 1.807) is 13.2 Å². The lowest BCUT2D eigenvalue weighted by atomic mass is 9.92. The Labute approximate surface area is 104 Å². The minimum atomic E-state index is -1.06. The molecule has 0 saturated heterocycles. The summed E-state index contributed by atoms with van der Waals surface area (Å²) < 4.78 is 10.9. The summed E-state index contributed by atoms with van der Waals surface area (Å²) in [7, 11) is -0.909. The van der Waals surface area contributed by atoms with Crippen molar-refractivity contribution in [2.24, 2.45) is 5.73 Å². The molecule has 0 saturated carbocycles. The molecule has 0 heterocycles. The number of carbonyl (C=O) groups excluding carboxylic acids is 1. The van der Waals surface area contributed by atoms with Crippen molar-refractivity contribution in [2.75, 3.05) is 18.6 Å². The van der Waals surface area contributed by atoms with E-state index in [4.69, 9.17) is 5.73 Å². The van der Waals surface area contributed by atoms with Crippen LogP contribution < -0.4 is 11.1 Å². The largest absolute Gasteiger partial charge is 0.353 e. The number of hydrogen-bond acceptors (Lipinski definition) is 3. The van der Waals surface area contributed by atoms with Gasteiger partial charge in [-0.25, -0.2) is 0 Å². The number of nitrogens with two attached hydrogens (primary N) is 1. The summed E-state index contributed by atoms with van der Waals surface area (Å²) in [5.74, 6) is 0.186. The van der Waals surface area contributed by atoms with Crippen molar-refractivity contribution in [1.29, 1.82) is 0 Å². The molecule has 2 unspecified atom stereocenters. The van der Waals surface area contributed by atoms with Crippen molar-refractivity contribution in [3.63, 3.8) is 0 Å². The Kier molecular flexibility index (Phi) is 4.84. The van der Waals surface area contributed by atoms with E-state index in [1.165, 1.54) is 0 Å². The Morgan fingerprint density at radius 3 is 2.53 bits per heavy atom. The van der Waals surface area contributed by atoms with E-state index in [9.17, 15) is 9.00 Å². The fourth-order valence-electron chi connectivity index (χ4n) is 1.41. The van der Waals surface area contributed by atoms with Crippen molar-refractivity contribution < 1.29 is 9.00 Å². The summed E-state index contributed by atoms with van der Waals surface area (Å²) in [6.07, 6.45) is 1.60. The summed E-state index contributed by atoms with van der Waals surface area (Å²) >= 11 is 0. The summed E-state index contributed by atoms with van der Waals surface area (Å²) in [6, 6.07) is 9.19. The van der Waals surface area contributed by atoms with E-state index in [0.29, 0.717) is 12.3 Å². The van der Waals surface area contributed by atoms with Gasteiger partial charge in [0.1, 0.15) is 5.54 Å². The third-order valence-electron chi connectivity index (χ3n) is 2.52. The fraction of sp³-hybridized carbons (Fsp3) is 0.417. The molecule has 0 aliphatic heterocycles. The van der Waals surface area contributed by atoms with E-state index in [1.807, 2.05) is 30.3 Å². The first-order chi connectivity index (χ1) is 7.94. The predicted molar refractivity (Wildman–Crippen MR) is 69.9 cm³/mol. The van der Waals surface area contributed by atoms with Gasteiger partial charge in [0.25, 0.3) is 0 Å². The van der Waals surface area contributed by atoms with E-state index < -0.39 is 16.3 Å². The molecule has 4 nitrogen and oxygen atoms in total. The minimum absolute atomic E-state index is 0.255. The number of hydrogen-bond donors (Lipinski definition) is 2. The Bertz CT molecular complexity index is 404. The zero-order valence-electron chi connectivity index (χ0n) is 10.1. The molecule has 1 aromatic carbocycles. The molecular formula is C12H18N2O2S. The van der Waals surface area contributed by atoms with Crippen molar-refractivity contribution in [3.05, 3.63) is 35.9 Å². The SMILES string of the molecule is CS(=O)CCNC(=O)C(C)(N)c1ccccc1. The van der Waals surface area contributed by atoms with Gasteiger partial charge in [-0.15, -0.1) is 0 Å². The molecule has 1 amide bonds. The smallest absolute Gasteiger partial charge is 0.244 e. The number of rotatable bonds is 5. The zero-order valence-corrected chi connectivity index (χ0v) is 10.9. The molecule has 3 N–H and O–H groups in total. The van der Waals surface area contributed by atoms with Gasteiger partial charge in [-0.1, -0.05) is 30.3 Å². The molecule has 2 atom stereocenters. The van der Waals surface area contributed by atoms with Crippen LogP contribution in [-0.2, 0) is 21.1 Å². The molecule has 1 rings (SSSR count). The van der Waals surface area contributed by atoms with Crippen LogP contribution in [0.25, 0.3) is 0 Å². The molecule has 5 heteroatoms. The maximum Gasteiger partial charge on any atom is 0.244 e. The lowest BCUT2D eigenvalue weighted by Gasteiger charge is -2.23. The first-order valence-corrected chi connectivity index (χ1v) is 7.10.